The van der Waals surface area contributed by atoms with Gasteiger partial charge in [-0.15, -0.1) is 0 Å². The van der Waals surface area contributed by atoms with E-state index in [1.165, 1.54) is 0 Å². The first kappa shape index (κ1) is 15.1. The van der Waals surface area contributed by atoms with Crippen LogP contribution in [-0.4, -0.2) is 43.7 Å². The predicted octanol–water partition coefficient (Wildman–Crippen LogP) is 1.88. The van der Waals surface area contributed by atoms with Gasteiger partial charge in [-0.25, -0.2) is 0 Å². The minimum atomic E-state index is 0.0839. The van der Waals surface area contributed by atoms with Crippen molar-refractivity contribution in [2.45, 2.75) is 38.8 Å². The zero-order chi connectivity index (χ0) is 14.5. The van der Waals surface area contributed by atoms with Crippen LogP contribution >= 0.6 is 0 Å². The van der Waals surface area contributed by atoms with Crippen LogP contribution in [0.3, 0.4) is 0 Å². The van der Waals surface area contributed by atoms with E-state index in [4.69, 9.17) is 9.15 Å². The highest BCUT2D eigenvalue weighted by Gasteiger charge is 2.24. The van der Waals surface area contributed by atoms with Crippen LogP contribution in [0.15, 0.2) is 16.5 Å². The molecular formula is C15H24N2O3. The molecule has 1 aliphatic heterocycles. The van der Waals surface area contributed by atoms with Gasteiger partial charge in [-0.3, -0.25) is 4.79 Å². The second kappa shape index (κ2) is 6.90. The highest BCUT2D eigenvalue weighted by atomic mass is 16.5. The Morgan fingerprint density at radius 1 is 1.50 bits per heavy atom. The van der Waals surface area contributed by atoms with Crippen LogP contribution in [0.1, 0.15) is 37.3 Å². The number of methoxy groups -OCH3 is 1. The molecule has 1 atom stereocenters. The Morgan fingerprint density at radius 3 is 2.75 bits per heavy atom. The first-order valence-corrected chi connectivity index (χ1v) is 7.19. The number of hydrogen-bond acceptors (Lipinski definition) is 4. The summed E-state index contributed by atoms with van der Waals surface area (Å²) in [6, 6.07) is 4.64. The van der Waals surface area contributed by atoms with Crippen molar-refractivity contribution in [1.29, 1.82) is 0 Å². The summed E-state index contributed by atoms with van der Waals surface area (Å²) in [5.74, 6) is 2.00. The number of aryl methyl sites for hydroxylation is 1. The SMILES string of the molecule is COCC(=O)N1CCC(NC(C)c2ccc(C)o2)CC1. The number of piperidine rings is 1. The van der Waals surface area contributed by atoms with Gasteiger partial charge in [0.05, 0.1) is 6.04 Å². The molecule has 1 aromatic rings. The molecule has 0 radical (unpaired) electrons. The number of carbonyl (C=O) groups excluding carboxylic acids is 1. The van der Waals surface area contributed by atoms with Crippen LogP contribution in [0.5, 0.6) is 0 Å². The van der Waals surface area contributed by atoms with Crippen molar-refractivity contribution in [1.82, 2.24) is 10.2 Å². The fraction of sp³-hybridized carbons (Fsp3) is 0.667. The van der Waals surface area contributed by atoms with Crippen molar-refractivity contribution in [2.75, 3.05) is 26.8 Å². The van der Waals surface area contributed by atoms with Gasteiger partial charge in [-0.2, -0.15) is 0 Å². The molecule has 1 unspecified atom stereocenters. The van der Waals surface area contributed by atoms with E-state index in [1.807, 2.05) is 24.0 Å². The molecule has 5 heteroatoms. The largest absolute Gasteiger partial charge is 0.465 e. The van der Waals surface area contributed by atoms with Gasteiger partial charge < -0.3 is 19.4 Å². The molecule has 1 amide bonds. The van der Waals surface area contributed by atoms with E-state index in [9.17, 15) is 4.79 Å². The van der Waals surface area contributed by atoms with Gasteiger partial charge in [-0.1, -0.05) is 0 Å². The molecule has 5 nitrogen and oxygen atoms in total. The van der Waals surface area contributed by atoms with Crippen LogP contribution in [0.25, 0.3) is 0 Å². The molecule has 1 N–H and O–H groups in total. The van der Waals surface area contributed by atoms with Gasteiger partial charge in [-0.05, 0) is 38.8 Å². The summed E-state index contributed by atoms with van der Waals surface area (Å²) < 4.78 is 10.5. The van der Waals surface area contributed by atoms with Crippen LogP contribution < -0.4 is 5.32 Å². The van der Waals surface area contributed by atoms with E-state index < -0.39 is 0 Å². The van der Waals surface area contributed by atoms with Gasteiger partial charge in [0.2, 0.25) is 5.91 Å². The van der Waals surface area contributed by atoms with Gasteiger partial charge >= 0.3 is 0 Å². The fourth-order valence-corrected chi connectivity index (χ4v) is 2.63. The number of ether oxygens (including phenoxy) is 1. The van der Waals surface area contributed by atoms with E-state index in [1.54, 1.807) is 7.11 Å². The number of amides is 1. The number of nitrogens with zero attached hydrogens (tertiary/aromatic N) is 1. The van der Waals surface area contributed by atoms with E-state index in [2.05, 4.69) is 12.2 Å². The third-order valence-corrected chi connectivity index (χ3v) is 3.79. The number of furan rings is 1. The zero-order valence-electron chi connectivity index (χ0n) is 12.5. The average Bonchev–Trinajstić information content (AvgIpc) is 2.86. The lowest BCUT2D eigenvalue weighted by Gasteiger charge is -2.33. The lowest BCUT2D eigenvalue weighted by molar-refractivity contribution is -0.136. The molecule has 112 valence electrons. The normalized spacial score (nSPS) is 18.2. The van der Waals surface area contributed by atoms with Crippen molar-refractivity contribution in [3.8, 4) is 0 Å². The second-order valence-electron chi connectivity index (χ2n) is 5.42. The summed E-state index contributed by atoms with van der Waals surface area (Å²) >= 11 is 0. The molecule has 1 aliphatic rings. The third kappa shape index (κ3) is 3.84. The molecule has 0 bridgehead atoms. The Balaban J connectivity index is 1.78. The number of carbonyl (C=O) groups is 1. The number of likely N-dealkylation sites (tertiary alicyclic amines) is 1. The summed E-state index contributed by atoms with van der Waals surface area (Å²) in [5.41, 5.74) is 0. The average molecular weight is 280 g/mol. The monoisotopic (exact) mass is 280 g/mol. The predicted molar refractivity (Wildman–Crippen MR) is 76.5 cm³/mol. The maximum atomic E-state index is 11.7. The smallest absolute Gasteiger partial charge is 0.248 e. The van der Waals surface area contributed by atoms with Crippen molar-refractivity contribution in [3.63, 3.8) is 0 Å². The zero-order valence-corrected chi connectivity index (χ0v) is 12.5. The van der Waals surface area contributed by atoms with Gasteiger partial charge in [0.25, 0.3) is 0 Å². The summed E-state index contributed by atoms with van der Waals surface area (Å²) in [5, 5.41) is 3.58. The van der Waals surface area contributed by atoms with Gasteiger partial charge in [0.1, 0.15) is 18.1 Å². The summed E-state index contributed by atoms with van der Waals surface area (Å²) in [7, 11) is 1.55. The molecule has 2 heterocycles. The molecule has 0 spiro atoms. The maximum absolute atomic E-state index is 11.7. The first-order chi connectivity index (χ1) is 9.60. The molecule has 1 saturated heterocycles. The van der Waals surface area contributed by atoms with Crippen molar-refractivity contribution in [2.24, 2.45) is 0 Å². The Bertz CT molecular complexity index is 436. The highest BCUT2D eigenvalue weighted by molar-refractivity contribution is 5.77. The van der Waals surface area contributed by atoms with E-state index in [0.717, 1.165) is 37.5 Å². The maximum Gasteiger partial charge on any atom is 0.248 e. The van der Waals surface area contributed by atoms with Crippen LogP contribution in [-0.2, 0) is 9.53 Å². The molecule has 0 aromatic carbocycles. The summed E-state index contributed by atoms with van der Waals surface area (Å²) in [6.45, 7) is 5.84. The minimum absolute atomic E-state index is 0.0839. The standard InChI is InChI=1S/C15H24N2O3/c1-11-4-5-14(20-11)12(2)16-13-6-8-17(9-7-13)15(18)10-19-3/h4-5,12-13,16H,6-10H2,1-3H3. The third-order valence-electron chi connectivity index (χ3n) is 3.79. The minimum Gasteiger partial charge on any atom is -0.465 e. The van der Waals surface area contributed by atoms with Crippen molar-refractivity contribution >= 4 is 5.91 Å². The van der Waals surface area contributed by atoms with E-state index in [-0.39, 0.29) is 18.6 Å². The van der Waals surface area contributed by atoms with E-state index in [0.29, 0.717) is 6.04 Å². The highest BCUT2D eigenvalue weighted by Crippen LogP contribution is 2.19. The molecule has 1 fully saturated rings. The lowest BCUT2D eigenvalue weighted by Crippen LogP contribution is -2.46. The quantitative estimate of drug-likeness (QED) is 0.894. The topological polar surface area (TPSA) is 54.7 Å². The Labute approximate surface area is 120 Å². The molecule has 1 aromatic heterocycles. The number of rotatable bonds is 5. The van der Waals surface area contributed by atoms with Crippen LogP contribution in [0.4, 0.5) is 0 Å². The first-order valence-electron chi connectivity index (χ1n) is 7.19. The molecule has 0 saturated carbocycles. The number of hydrogen-bond donors (Lipinski definition) is 1. The Kier molecular flexibility index (Phi) is 5.20. The van der Waals surface area contributed by atoms with E-state index >= 15 is 0 Å². The van der Waals surface area contributed by atoms with Crippen molar-refractivity contribution < 1.29 is 13.9 Å². The van der Waals surface area contributed by atoms with Crippen LogP contribution in [0.2, 0.25) is 0 Å². The molecule has 0 aliphatic carbocycles. The number of nitrogens with one attached hydrogen (secondary N) is 1. The second-order valence-corrected chi connectivity index (χ2v) is 5.42. The van der Waals surface area contributed by atoms with Crippen molar-refractivity contribution in [3.05, 3.63) is 23.7 Å². The summed E-state index contributed by atoms with van der Waals surface area (Å²) in [4.78, 5) is 13.6. The summed E-state index contributed by atoms with van der Waals surface area (Å²) in [6.07, 6.45) is 1.94. The molecule has 2 rings (SSSR count). The van der Waals surface area contributed by atoms with Crippen LogP contribution in [0, 0.1) is 6.92 Å². The molecule has 20 heavy (non-hydrogen) atoms. The van der Waals surface area contributed by atoms with Gasteiger partial charge in [0, 0.05) is 26.2 Å². The Hall–Kier alpha value is -1.33. The fourth-order valence-electron chi connectivity index (χ4n) is 2.63. The Morgan fingerprint density at radius 2 is 2.20 bits per heavy atom. The molecular weight excluding hydrogens is 256 g/mol. The van der Waals surface area contributed by atoms with Gasteiger partial charge in [0.15, 0.2) is 0 Å². The lowest BCUT2D eigenvalue weighted by atomic mass is 10.0.